The number of halogens is 4. The summed E-state index contributed by atoms with van der Waals surface area (Å²) in [5.41, 5.74) is 3.35. The van der Waals surface area contributed by atoms with Crippen molar-refractivity contribution < 1.29 is 30.5 Å². The highest BCUT2D eigenvalue weighted by atomic mass is 35.5. The van der Waals surface area contributed by atoms with E-state index in [2.05, 4.69) is 9.47 Å². The van der Waals surface area contributed by atoms with Crippen molar-refractivity contribution in [3.8, 4) is 0 Å². The molecule has 0 saturated carbocycles. The molecule has 3 aromatic rings. The first-order chi connectivity index (χ1) is 21.1. The summed E-state index contributed by atoms with van der Waals surface area (Å²) in [7, 11) is -8.39. The van der Waals surface area contributed by atoms with Crippen LogP contribution in [0.25, 0.3) is 17.1 Å². The highest BCUT2D eigenvalue weighted by Crippen LogP contribution is 2.45. The number of nitrogens with zero attached hydrogens (tertiary/aromatic N) is 4. The van der Waals surface area contributed by atoms with Crippen LogP contribution in [-0.4, -0.2) is 55.1 Å². The summed E-state index contributed by atoms with van der Waals surface area (Å²) in [6.07, 6.45) is 7.22. The minimum Gasteiger partial charge on any atom is -0.748 e. The molecule has 246 valence electrons. The van der Waals surface area contributed by atoms with Gasteiger partial charge >= 0.3 is 0 Å². The Morgan fingerprint density at radius 3 is 2.02 bits per heavy atom. The molecule has 0 radical (unpaired) electrons. The summed E-state index contributed by atoms with van der Waals surface area (Å²) in [4.78, 5) is 4.10. The zero-order valence-electron chi connectivity index (χ0n) is 24.7. The molecule has 0 aliphatic carbocycles. The topological polar surface area (TPSA) is 127 Å². The monoisotopic (exact) mass is 738 g/mol. The Morgan fingerprint density at radius 2 is 1.42 bits per heavy atom. The van der Waals surface area contributed by atoms with Crippen molar-refractivity contribution in [2.75, 3.05) is 34.4 Å². The predicted molar refractivity (Wildman–Crippen MR) is 181 cm³/mol. The fourth-order valence-corrected chi connectivity index (χ4v) is 7.28. The molecule has 10 nitrogen and oxygen atoms in total. The average molecular weight is 741 g/mol. The molecule has 2 heterocycles. The molecule has 1 aromatic heterocycles. The molecule has 0 amide bonds. The van der Waals surface area contributed by atoms with Crippen LogP contribution in [0.1, 0.15) is 45.4 Å². The minimum atomic E-state index is -4.32. The van der Waals surface area contributed by atoms with Crippen LogP contribution in [0.4, 0.5) is 11.4 Å². The van der Waals surface area contributed by atoms with Crippen LogP contribution >= 0.6 is 46.4 Å². The standard InChI is InChI=1S/C29H34Cl4N4O6S2/c1-3-34-24-16-20(30)22(32)18-26(24)36(12-5-7-14-44(38,39)40)28(34)10-9-11-29-35(4-2)25-17-21(31)23(33)19-27(25)37(29)13-6-8-15-45(41,42)43/h9-11,16-19H,3-8,12-15H2,1-2H3,(H-,38,39,40,41,42,43). The van der Waals surface area contributed by atoms with Crippen molar-refractivity contribution in [3.63, 3.8) is 0 Å². The summed E-state index contributed by atoms with van der Waals surface area (Å²) in [6, 6.07) is 7.16. The highest BCUT2D eigenvalue weighted by molar-refractivity contribution is 7.85. The first-order valence-electron chi connectivity index (χ1n) is 14.4. The normalized spacial score (nSPS) is 14.9. The third kappa shape index (κ3) is 8.66. The van der Waals surface area contributed by atoms with Crippen LogP contribution in [0.2, 0.25) is 20.1 Å². The molecule has 0 saturated heterocycles. The van der Waals surface area contributed by atoms with Crippen LogP contribution in [0, 0.1) is 0 Å². The number of benzene rings is 2. The van der Waals surface area contributed by atoms with Gasteiger partial charge in [0.2, 0.25) is 0 Å². The fourth-order valence-electron chi connectivity index (χ4n) is 5.52. The van der Waals surface area contributed by atoms with Crippen molar-refractivity contribution in [3.05, 3.63) is 68.2 Å². The molecule has 1 aliphatic rings. The second kappa shape index (κ2) is 14.8. The van der Waals surface area contributed by atoms with Crippen molar-refractivity contribution >= 4 is 95.1 Å². The van der Waals surface area contributed by atoms with E-state index >= 15 is 0 Å². The lowest BCUT2D eigenvalue weighted by Gasteiger charge is -2.24. The van der Waals surface area contributed by atoms with Gasteiger partial charge in [-0.3, -0.25) is 4.55 Å². The Hall–Kier alpha value is -2.03. The van der Waals surface area contributed by atoms with Gasteiger partial charge in [0.15, 0.2) is 11.0 Å². The molecule has 1 aliphatic heterocycles. The highest BCUT2D eigenvalue weighted by Gasteiger charge is 2.31. The van der Waals surface area contributed by atoms with Gasteiger partial charge in [0, 0.05) is 37.1 Å². The molecule has 45 heavy (non-hydrogen) atoms. The Labute approximate surface area is 283 Å². The molecular weight excluding hydrogens is 706 g/mol. The lowest BCUT2D eigenvalue weighted by molar-refractivity contribution is -0.674. The summed E-state index contributed by atoms with van der Waals surface area (Å²) in [5.74, 6) is 0.871. The van der Waals surface area contributed by atoms with Gasteiger partial charge in [0.25, 0.3) is 15.9 Å². The van der Waals surface area contributed by atoms with Crippen molar-refractivity contribution in [1.29, 1.82) is 0 Å². The van der Waals surface area contributed by atoms with E-state index < -0.39 is 26.0 Å². The van der Waals surface area contributed by atoms with Crippen molar-refractivity contribution in [1.82, 2.24) is 4.57 Å². The molecule has 16 heteroatoms. The van der Waals surface area contributed by atoms with E-state index in [1.165, 1.54) is 0 Å². The first kappa shape index (κ1) is 35.8. The van der Waals surface area contributed by atoms with Gasteiger partial charge in [-0.15, -0.1) is 0 Å². The van der Waals surface area contributed by atoms with Gasteiger partial charge in [-0.25, -0.2) is 17.6 Å². The number of anilines is 2. The maximum atomic E-state index is 11.3. The number of rotatable bonds is 14. The third-order valence-electron chi connectivity index (χ3n) is 7.49. The van der Waals surface area contributed by atoms with Crippen molar-refractivity contribution in [2.24, 2.45) is 0 Å². The van der Waals surface area contributed by atoms with E-state index in [1.807, 2.05) is 41.5 Å². The van der Waals surface area contributed by atoms with E-state index in [9.17, 15) is 25.9 Å². The maximum Gasteiger partial charge on any atom is 0.282 e. The summed E-state index contributed by atoms with van der Waals surface area (Å²) in [5, 5.41) is 1.59. The van der Waals surface area contributed by atoms with Gasteiger partial charge < -0.3 is 14.4 Å². The van der Waals surface area contributed by atoms with E-state index in [4.69, 9.17) is 46.4 Å². The second-order valence-electron chi connectivity index (χ2n) is 10.5. The number of aryl methyl sites for hydroxylation is 2. The van der Waals surface area contributed by atoms with E-state index in [1.54, 1.807) is 24.3 Å². The molecule has 0 bridgehead atoms. The molecule has 1 N–H and O–H groups in total. The Morgan fingerprint density at radius 1 is 0.822 bits per heavy atom. The Balaban J connectivity index is 1.75. The predicted octanol–water partition coefficient (Wildman–Crippen LogP) is 6.76. The summed E-state index contributed by atoms with van der Waals surface area (Å²) < 4.78 is 69.4. The number of hydrogen-bond donors (Lipinski definition) is 1. The lowest BCUT2D eigenvalue weighted by Crippen LogP contribution is -2.36. The average Bonchev–Trinajstić information content (AvgIpc) is 3.38. The first-order valence-corrected chi connectivity index (χ1v) is 19.1. The number of allylic oxidation sites excluding steroid dienone is 2. The van der Waals surface area contributed by atoms with Crippen LogP contribution in [0.15, 0.2) is 42.2 Å². The van der Waals surface area contributed by atoms with Crippen LogP contribution in [-0.2, 0) is 33.3 Å². The Kier molecular flexibility index (Phi) is 11.8. The number of unbranched alkanes of at least 4 members (excludes halogenated alkanes) is 2. The SMILES string of the molecule is CCN1C(=CC=Cc2n(CC)c3cc(Cl)c(Cl)cc3[n+]2CCCCS(=O)(=O)O)N(CCCCS(=O)(=O)[O-])c2cc(Cl)c(Cl)cc21. The van der Waals surface area contributed by atoms with Crippen LogP contribution in [0.5, 0.6) is 0 Å². The van der Waals surface area contributed by atoms with Gasteiger partial charge in [0.05, 0.1) is 60.4 Å². The lowest BCUT2D eigenvalue weighted by atomic mass is 10.2. The number of fused-ring (bicyclic) bond motifs is 2. The molecular formula is C29H34Cl4N4O6S2. The van der Waals surface area contributed by atoms with Crippen LogP contribution in [0.3, 0.4) is 0 Å². The zero-order chi connectivity index (χ0) is 33.1. The van der Waals surface area contributed by atoms with E-state index in [0.717, 1.165) is 34.1 Å². The second-order valence-corrected chi connectivity index (χ2v) is 15.2. The largest absolute Gasteiger partial charge is 0.748 e. The molecule has 0 atom stereocenters. The maximum absolute atomic E-state index is 11.3. The zero-order valence-corrected chi connectivity index (χ0v) is 29.4. The van der Waals surface area contributed by atoms with Gasteiger partial charge in [-0.1, -0.05) is 52.5 Å². The van der Waals surface area contributed by atoms with E-state index in [-0.39, 0.29) is 18.6 Å². The fraction of sp³-hybridized carbons (Fsp3) is 0.414. The quantitative estimate of drug-likeness (QED) is 0.109. The van der Waals surface area contributed by atoms with Gasteiger partial charge in [0.1, 0.15) is 5.82 Å². The minimum absolute atomic E-state index is 0.216. The third-order valence-corrected chi connectivity index (χ3v) is 10.5. The molecule has 0 spiro atoms. The summed E-state index contributed by atoms with van der Waals surface area (Å²) >= 11 is 25.5. The molecule has 4 rings (SSSR count). The van der Waals surface area contributed by atoms with Crippen molar-refractivity contribution in [2.45, 2.75) is 52.6 Å². The number of aromatic nitrogens is 2. The Bertz CT molecular complexity index is 1860. The number of imidazole rings is 1. The summed E-state index contributed by atoms with van der Waals surface area (Å²) in [6.45, 7) is 6.13. The van der Waals surface area contributed by atoms with E-state index in [0.29, 0.717) is 59.1 Å². The molecule has 0 unspecified atom stereocenters. The molecule has 0 fully saturated rings. The van der Waals surface area contributed by atoms with Gasteiger partial charge in [-0.2, -0.15) is 8.42 Å². The molecule has 2 aromatic carbocycles. The van der Waals surface area contributed by atoms with Gasteiger partial charge in [-0.05, 0) is 57.7 Å². The number of hydrogen-bond acceptors (Lipinski definition) is 7. The smallest absolute Gasteiger partial charge is 0.282 e. The van der Waals surface area contributed by atoms with Crippen LogP contribution < -0.4 is 14.4 Å².